The number of para-hydroxylation sites is 1. The van der Waals surface area contributed by atoms with Crippen molar-refractivity contribution < 1.29 is 14.3 Å². The van der Waals surface area contributed by atoms with E-state index in [0.717, 1.165) is 19.6 Å². The molecule has 0 saturated heterocycles. The molecule has 2 amide bonds. The molecule has 0 atom stereocenters. The number of hydrogen-bond donors (Lipinski definition) is 3. The number of benzene rings is 2. The van der Waals surface area contributed by atoms with E-state index >= 15 is 0 Å². The Morgan fingerprint density at radius 3 is 2.30 bits per heavy atom. The number of anilines is 1. The summed E-state index contributed by atoms with van der Waals surface area (Å²) in [6.45, 7) is 7.53. The fourth-order valence-corrected chi connectivity index (χ4v) is 3.05. The number of amides is 2. The van der Waals surface area contributed by atoms with Gasteiger partial charge in [-0.2, -0.15) is 0 Å². The molecule has 0 unspecified atom stereocenters. The molecule has 0 bridgehead atoms. The quantitative estimate of drug-likeness (QED) is 0.533. The lowest BCUT2D eigenvalue weighted by atomic mass is 10.2. The van der Waals surface area contributed by atoms with Gasteiger partial charge in [-0.3, -0.25) is 14.9 Å². The molecule has 2 rings (SSSR count). The number of ether oxygens (including phenoxy) is 1. The van der Waals surface area contributed by atoms with E-state index in [1.165, 1.54) is 7.11 Å². The number of thiocarbonyl (C=S) groups is 1. The summed E-state index contributed by atoms with van der Waals surface area (Å²) in [7, 11) is 1.50. The predicted molar refractivity (Wildman–Crippen MR) is 123 cm³/mol. The zero-order valence-corrected chi connectivity index (χ0v) is 18.3. The molecule has 0 aliphatic rings. The number of nitrogens with zero attached hydrogens (tertiary/aromatic N) is 1. The van der Waals surface area contributed by atoms with Crippen molar-refractivity contribution >= 4 is 34.8 Å². The Morgan fingerprint density at radius 2 is 1.67 bits per heavy atom. The second-order valence-corrected chi connectivity index (χ2v) is 6.88. The van der Waals surface area contributed by atoms with Crippen molar-refractivity contribution in [3.8, 4) is 5.75 Å². The van der Waals surface area contributed by atoms with Crippen LogP contribution in [0.25, 0.3) is 0 Å². The molecule has 8 heteroatoms. The van der Waals surface area contributed by atoms with Crippen molar-refractivity contribution in [2.75, 3.05) is 38.6 Å². The predicted octanol–water partition coefficient (Wildman–Crippen LogP) is 2.89. The van der Waals surface area contributed by atoms with Gasteiger partial charge in [0.15, 0.2) is 5.11 Å². The monoisotopic (exact) mass is 428 g/mol. The lowest BCUT2D eigenvalue weighted by Gasteiger charge is -2.18. The minimum Gasteiger partial charge on any atom is -0.496 e. The molecule has 30 heavy (non-hydrogen) atoms. The first-order valence-electron chi connectivity index (χ1n) is 9.84. The van der Waals surface area contributed by atoms with Gasteiger partial charge in [0.2, 0.25) is 0 Å². The van der Waals surface area contributed by atoms with E-state index in [1.54, 1.807) is 48.5 Å². The molecule has 0 spiro atoms. The highest BCUT2D eigenvalue weighted by atomic mass is 32.1. The molecule has 0 fully saturated rings. The van der Waals surface area contributed by atoms with Crippen molar-refractivity contribution in [1.29, 1.82) is 0 Å². The van der Waals surface area contributed by atoms with Crippen molar-refractivity contribution in [1.82, 2.24) is 15.5 Å². The number of nitrogens with one attached hydrogen (secondary N) is 3. The number of hydrogen-bond acceptors (Lipinski definition) is 5. The number of likely N-dealkylation sites (N-methyl/N-ethyl adjacent to an activating group) is 1. The highest BCUT2D eigenvalue weighted by Crippen LogP contribution is 2.17. The lowest BCUT2D eigenvalue weighted by molar-refractivity contribution is 0.0946. The van der Waals surface area contributed by atoms with Gasteiger partial charge >= 0.3 is 0 Å². The van der Waals surface area contributed by atoms with E-state index in [1.807, 2.05) is 0 Å². The van der Waals surface area contributed by atoms with Crippen molar-refractivity contribution in [2.45, 2.75) is 13.8 Å². The van der Waals surface area contributed by atoms with E-state index < -0.39 is 0 Å². The summed E-state index contributed by atoms with van der Waals surface area (Å²) >= 11 is 5.21. The van der Waals surface area contributed by atoms with E-state index in [2.05, 4.69) is 34.7 Å². The molecule has 2 aromatic carbocycles. The maximum atomic E-state index is 12.4. The standard InChI is InChI=1S/C22H28N4O3S/c1-4-26(5-2)15-14-23-20(27)16-10-12-17(13-11-16)24-22(30)25-21(28)18-8-6-7-9-19(18)29-3/h6-13H,4-5,14-15H2,1-3H3,(H,23,27)(H2,24,25,28,30). The average molecular weight is 429 g/mol. The molecule has 3 N–H and O–H groups in total. The first-order valence-corrected chi connectivity index (χ1v) is 10.2. The molecule has 160 valence electrons. The van der Waals surface area contributed by atoms with Crippen molar-refractivity contribution in [3.63, 3.8) is 0 Å². The third-order valence-corrected chi connectivity index (χ3v) is 4.80. The van der Waals surface area contributed by atoms with Gasteiger partial charge in [-0.1, -0.05) is 26.0 Å². The molecular weight excluding hydrogens is 400 g/mol. The van der Waals surface area contributed by atoms with Crippen LogP contribution in [0.15, 0.2) is 48.5 Å². The van der Waals surface area contributed by atoms with Gasteiger partial charge in [0.25, 0.3) is 11.8 Å². The van der Waals surface area contributed by atoms with E-state index in [-0.39, 0.29) is 16.9 Å². The van der Waals surface area contributed by atoms with Crippen LogP contribution in [0.2, 0.25) is 0 Å². The summed E-state index contributed by atoms with van der Waals surface area (Å²) in [5.74, 6) is -0.0240. The summed E-state index contributed by atoms with van der Waals surface area (Å²) in [6.07, 6.45) is 0. The summed E-state index contributed by atoms with van der Waals surface area (Å²) in [5.41, 5.74) is 1.62. The van der Waals surface area contributed by atoms with Crippen molar-refractivity contribution in [3.05, 3.63) is 59.7 Å². The highest BCUT2D eigenvalue weighted by molar-refractivity contribution is 7.80. The average Bonchev–Trinajstić information content (AvgIpc) is 2.76. The number of methoxy groups -OCH3 is 1. The lowest BCUT2D eigenvalue weighted by Crippen LogP contribution is -2.35. The third kappa shape index (κ3) is 6.82. The second kappa shape index (κ2) is 11.9. The molecule has 2 aromatic rings. The van der Waals surface area contributed by atoms with Crippen LogP contribution in [0, 0.1) is 0 Å². The van der Waals surface area contributed by atoms with Crippen LogP contribution in [0.4, 0.5) is 5.69 Å². The van der Waals surface area contributed by atoms with E-state index in [4.69, 9.17) is 17.0 Å². The number of rotatable bonds is 9. The largest absolute Gasteiger partial charge is 0.496 e. The van der Waals surface area contributed by atoms with Gasteiger partial charge in [0, 0.05) is 24.3 Å². The minimum absolute atomic E-state index is 0.124. The molecular formula is C22H28N4O3S. The van der Waals surface area contributed by atoms with Gasteiger partial charge in [0.05, 0.1) is 12.7 Å². The zero-order chi connectivity index (χ0) is 21.9. The first-order chi connectivity index (χ1) is 14.5. The van der Waals surface area contributed by atoms with Gasteiger partial charge in [-0.15, -0.1) is 0 Å². The SMILES string of the molecule is CCN(CC)CCNC(=O)c1ccc(NC(=S)NC(=O)c2ccccc2OC)cc1. The Bertz CT molecular complexity index is 867. The van der Waals surface area contributed by atoms with Crippen molar-refractivity contribution in [2.24, 2.45) is 0 Å². The van der Waals surface area contributed by atoms with Crippen LogP contribution < -0.4 is 20.7 Å². The second-order valence-electron chi connectivity index (χ2n) is 6.47. The van der Waals surface area contributed by atoms with Crippen LogP contribution >= 0.6 is 12.2 Å². The first kappa shape index (κ1) is 23.3. The normalized spacial score (nSPS) is 10.4. The molecule has 0 aromatic heterocycles. The molecule has 7 nitrogen and oxygen atoms in total. The highest BCUT2D eigenvalue weighted by Gasteiger charge is 2.13. The molecule has 0 aliphatic heterocycles. The van der Waals surface area contributed by atoms with E-state index in [9.17, 15) is 9.59 Å². The molecule has 0 aliphatic carbocycles. The Kier molecular flexibility index (Phi) is 9.24. The maximum absolute atomic E-state index is 12.4. The fraction of sp³-hybridized carbons (Fsp3) is 0.318. The van der Waals surface area contributed by atoms with Crippen LogP contribution in [-0.2, 0) is 0 Å². The fourth-order valence-electron chi connectivity index (χ4n) is 2.84. The van der Waals surface area contributed by atoms with Gasteiger partial charge in [-0.25, -0.2) is 0 Å². The van der Waals surface area contributed by atoms with Gasteiger partial charge in [0.1, 0.15) is 5.75 Å². The molecule has 0 heterocycles. The van der Waals surface area contributed by atoms with E-state index in [0.29, 0.717) is 29.1 Å². The Balaban J connectivity index is 1.87. The zero-order valence-electron chi connectivity index (χ0n) is 17.5. The number of carbonyl (C=O) groups excluding carboxylic acids is 2. The van der Waals surface area contributed by atoms with Gasteiger partial charge in [-0.05, 0) is 61.7 Å². The van der Waals surface area contributed by atoms with Crippen LogP contribution in [0.5, 0.6) is 5.75 Å². The Hall–Kier alpha value is -2.97. The smallest absolute Gasteiger partial charge is 0.261 e. The Morgan fingerprint density at radius 1 is 1.00 bits per heavy atom. The summed E-state index contributed by atoms with van der Waals surface area (Å²) in [5, 5.41) is 8.64. The van der Waals surface area contributed by atoms with Gasteiger partial charge < -0.3 is 20.3 Å². The summed E-state index contributed by atoms with van der Waals surface area (Å²) < 4.78 is 5.19. The van der Waals surface area contributed by atoms with Crippen LogP contribution in [0.1, 0.15) is 34.6 Å². The van der Waals surface area contributed by atoms with Crippen LogP contribution in [0.3, 0.4) is 0 Å². The third-order valence-electron chi connectivity index (χ3n) is 4.59. The molecule has 0 radical (unpaired) electrons. The summed E-state index contributed by atoms with van der Waals surface area (Å²) in [6, 6.07) is 13.8. The number of carbonyl (C=O) groups is 2. The maximum Gasteiger partial charge on any atom is 0.261 e. The molecule has 0 saturated carbocycles. The van der Waals surface area contributed by atoms with Crippen LogP contribution in [-0.4, -0.2) is 55.1 Å². The summed E-state index contributed by atoms with van der Waals surface area (Å²) in [4.78, 5) is 26.9. The Labute approximate surface area is 182 Å². The topological polar surface area (TPSA) is 82.7 Å². The minimum atomic E-state index is -0.367.